The molecule has 0 spiro atoms. The number of carbonyl (C=O) groups is 2. The Morgan fingerprint density at radius 2 is 1.51 bits per heavy atom. The minimum atomic E-state index is -0.547. The number of esters is 1. The van der Waals surface area contributed by atoms with Gasteiger partial charge in [0.15, 0.2) is 6.61 Å². The molecular weight excluding hydrogens is 460 g/mol. The van der Waals surface area contributed by atoms with Crippen LogP contribution in [0.2, 0.25) is 0 Å². The summed E-state index contributed by atoms with van der Waals surface area (Å²) in [5, 5.41) is 4.02. The van der Waals surface area contributed by atoms with E-state index in [4.69, 9.17) is 9.47 Å². The number of ether oxygens (including phenoxy) is 2. The Bertz CT molecular complexity index is 1120. The van der Waals surface area contributed by atoms with Crippen LogP contribution in [0.15, 0.2) is 84.0 Å². The quantitative estimate of drug-likeness (QED) is 0.227. The van der Waals surface area contributed by atoms with E-state index in [1.54, 1.807) is 63.4 Å². The number of nitrogens with one attached hydrogen (secondary N) is 1. The Morgan fingerprint density at radius 1 is 0.886 bits per heavy atom. The van der Waals surface area contributed by atoms with Crippen molar-refractivity contribution in [1.29, 1.82) is 0 Å². The summed E-state index contributed by atoms with van der Waals surface area (Å²) in [5.41, 5.74) is 5.79. The van der Waals surface area contributed by atoms with Crippen LogP contribution in [0.4, 0.5) is 0 Å². The van der Waals surface area contributed by atoms with Crippen LogP contribution in [0.3, 0.4) is 0 Å². The molecule has 182 valence electrons. The molecule has 0 radical (unpaired) electrons. The first-order valence-electron chi connectivity index (χ1n) is 11.3. The van der Waals surface area contributed by atoms with Gasteiger partial charge in [-0.2, -0.15) is 16.9 Å². The summed E-state index contributed by atoms with van der Waals surface area (Å²) in [7, 11) is 0. The van der Waals surface area contributed by atoms with Crippen LogP contribution >= 0.6 is 11.8 Å². The molecule has 0 aliphatic heterocycles. The van der Waals surface area contributed by atoms with Crippen LogP contribution in [0.25, 0.3) is 0 Å². The van der Waals surface area contributed by atoms with Gasteiger partial charge >= 0.3 is 5.97 Å². The van der Waals surface area contributed by atoms with E-state index in [1.165, 1.54) is 11.1 Å². The SMILES string of the molecule is CC(C)(C)OC(=O)COc1ccc(/C=N\NC(=O)c2ccc(CSCc3ccccc3)cc2)cc1. The predicted octanol–water partition coefficient (Wildman–Crippen LogP) is 5.60. The summed E-state index contributed by atoms with van der Waals surface area (Å²) in [4.78, 5) is 24.1. The molecule has 7 heteroatoms. The number of hydrazone groups is 1. The fourth-order valence-electron chi connectivity index (χ4n) is 3.01. The van der Waals surface area contributed by atoms with Gasteiger partial charge in [0.1, 0.15) is 11.4 Å². The molecule has 0 unspecified atom stereocenters. The Kier molecular flexibility index (Phi) is 9.49. The number of thioether (sulfide) groups is 1. The van der Waals surface area contributed by atoms with Crippen molar-refractivity contribution in [2.75, 3.05) is 6.61 Å². The maximum Gasteiger partial charge on any atom is 0.344 e. The second-order valence-electron chi connectivity index (χ2n) is 8.82. The average Bonchev–Trinajstić information content (AvgIpc) is 2.83. The van der Waals surface area contributed by atoms with E-state index in [-0.39, 0.29) is 12.5 Å². The Morgan fingerprint density at radius 3 is 2.14 bits per heavy atom. The number of rotatable bonds is 10. The molecule has 0 aromatic heterocycles. The lowest BCUT2D eigenvalue weighted by Crippen LogP contribution is -2.27. The number of hydrogen-bond donors (Lipinski definition) is 1. The topological polar surface area (TPSA) is 77.0 Å². The lowest BCUT2D eigenvalue weighted by molar-refractivity contribution is -0.157. The fraction of sp³-hybridized carbons (Fsp3) is 0.250. The standard InChI is InChI=1S/C28H30N2O4S/c1-28(2,3)34-26(31)18-33-25-15-11-21(12-16-25)17-29-30-27(32)24-13-9-23(10-14-24)20-35-19-22-7-5-4-6-8-22/h4-17H,18-20H2,1-3H3,(H,30,32)/b29-17-. The van der Waals surface area contributed by atoms with Gasteiger partial charge in [-0.25, -0.2) is 10.2 Å². The third kappa shape index (κ3) is 9.66. The molecule has 0 heterocycles. The van der Waals surface area contributed by atoms with E-state index >= 15 is 0 Å². The Balaban J connectivity index is 1.41. The second kappa shape index (κ2) is 12.8. The Labute approximate surface area is 210 Å². The molecule has 0 bridgehead atoms. The zero-order valence-electron chi connectivity index (χ0n) is 20.2. The largest absolute Gasteiger partial charge is 0.482 e. The fourth-order valence-corrected chi connectivity index (χ4v) is 3.97. The summed E-state index contributed by atoms with van der Waals surface area (Å²) in [6, 6.07) is 24.9. The molecule has 3 aromatic carbocycles. The van der Waals surface area contributed by atoms with Crippen LogP contribution < -0.4 is 10.2 Å². The van der Waals surface area contributed by atoms with Crippen molar-refractivity contribution in [2.24, 2.45) is 5.10 Å². The van der Waals surface area contributed by atoms with E-state index in [1.807, 2.05) is 42.1 Å². The van der Waals surface area contributed by atoms with Crippen molar-refractivity contribution in [3.05, 3.63) is 101 Å². The first-order valence-corrected chi connectivity index (χ1v) is 12.4. The maximum absolute atomic E-state index is 12.4. The first kappa shape index (κ1) is 26.0. The highest BCUT2D eigenvalue weighted by atomic mass is 32.2. The zero-order chi connectivity index (χ0) is 25.1. The molecule has 0 fully saturated rings. The normalized spacial score (nSPS) is 11.3. The van der Waals surface area contributed by atoms with E-state index in [0.29, 0.717) is 11.3 Å². The van der Waals surface area contributed by atoms with Gasteiger partial charge in [-0.15, -0.1) is 0 Å². The first-order chi connectivity index (χ1) is 16.8. The number of hydrogen-bond acceptors (Lipinski definition) is 6. The van der Waals surface area contributed by atoms with Gasteiger partial charge in [0, 0.05) is 17.1 Å². The molecule has 3 aromatic rings. The van der Waals surface area contributed by atoms with Crippen LogP contribution in [-0.4, -0.2) is 30.3 Å². The van der Waals surface area contributed by atoms with E-state index in [0.717, 1.165) is 17.1 Å². The van der Waals surface area contributed by atoms with Gasteiger partial charge in [-0.1, -0.05) is 42.5 Å². The summed E-state index contributed by atoms with van der Waals surface area (Å²) in [6.45, 7) is 5.26. The lowest BCUT2D eigenvalue weighted by atomic mass is 10.1. The highest BCUT2D eigenvalue weighted by molar-refractivity contribution is 7.97. The van der Waals surface area contributed by atoms with Gasteiger partial charge in [-0.05, 0) is 73.9 Å². The van der Waals surface area contributed by atoms with Crippen molar-refractivity contribution in [2.45, 2.75) is 37.9 Å². The number of carbonyl (C=O) groups excluding carboxylic acids is 2. The van der Waals surface area contributed by atoms with Gasteiger partial charge < -0.3 is 9.47 Å². The maximum atomic E-state index is 12.4. The summed E-state index contributed by atoms with van der Waals surface area (Å²) >= 11 is 1.84. The third-order valence-electron chi connectivity index (χ3n) is 4.63. The Hall–Kier alpha value is -3.58. The van der Waals surface area contributed by atoms with Crippen molar-refractivity contribution in [3.8, 4) is 5.75 Å². The molecule has 1 amide bonds. The number of nitrogens with zero attached hydrogens (tertiary/aromatic N) is 1. The highest BCUT2D eigenvalue weighted by Gasteiger charge is 2.16. The summed E-state index contributed by atoms with van der Waals surface area (Å²) in [5.74, 6) is 1.67. The zero-order valence-corrected chi connectivity index (χ0v) is 21.0. The molecule has 0 aliphatic rings. The smallest absolute Gasteiger partial charge is 0.344 e. The highest BCUT2D eigenvalue weighted by Crippen LogP contribution is 2.18. The molecule has 3 rings (SSSR count). The van der Waals surface area contributed by atoms with E-state index in [9.17, 15) is 9.59 Å². The van der Waals surface area contributed by atoms with Gasteiger partial charge in [-0.3, -0.25) is 4.79 Å². The summed E-state index contributed by atoms with van der Waals surface area (Å²) < 4.78 is 10.6. The molecule has 6 nitrogen and oxygen atoms in total. The molecule has 0 atom stereocenters. The van der Waals surface area contributed by atoms with Gasteiger partial charge in [0.05, 0.1) is 6.21 Å². The lowest BCUT2D eigenvalue weighted by Gasteiger charge is -2.19. The van der Waals surface area contributed by atoms with E-state index < -0.39 is 11.6 Å². The van der Waals surface area contributed by atoms with Crippen molar-refractivity contribution in [3.63, 3.8) is 0 Å². The average molecular weight is 491 g/mol. The van der Waals surface area contributed by atoms with Crippen LogP contribution in [0, 0.1) is 0 Å². The van der Waals surface area contributed by atoms with Crippen LogP contribution in [-0.2, 0) is 21.0 Å². The van der Waals surface area contributed by atoms with Crippen LogP contribution in [0.5, 0.6) is 5.75 Å². The van der Waals surface area contributed by atoms with E-state index in [2.05, 4.69) is 22.7 Å². The van der Waals surface area contributed by atoms with Crippen molar-refractivity contribution >= 4 is 29.9 Å². The van der Waals surface area contributed by atoms with Gasteiger partial charge in [0.25, 0.3) is 5.91 Å². The number of amides is 1. The number of benzene rings is 3. The third-order valence-corrected chi connectivity index (χ3v) is 5.71. The minimum Gasteiger partial charge on any atom is -0.482 e. The van der Waals surface area contributed by atoms with Crippen molar-refractivity contribution < 1.29 is 19.1 Å². The summed E-state index contributed by atoms with van der Waals surface area (Å²) in [6.07, 6.45) is 1.55. The van der Waals surface area contributed by atoms with Crippen molar-refractivity contribution in [1.82, 2.24) is 5.43 Å². The molecule has 35 heavy (non-hydrogen) atoms. The predicted molar refractivity (Wildman–Crippen MR) is 141 cm³/mol. The second-order valence-corrected chi connectivity index (χ2v) is 9.80. The molecule has 1 N–H and O–H groups in total. The van der Waals surface area contributed by atoms with Crippen LogP contribution in [0.1, 0.15) is 47.8 Å². The molecule has 0 saturated heterocycles. The molecule has 0 saturated carbocycles. The minimum absolute atomic E-state index is 0.161. The van der Waals surface area contributed by atoms with Gasteiger partial charge in [0.2, 0.25) is 0 Å². The molecular formula is C28H30N2O4S. The monoisotopic (exact) mass is 490 g/mol. The molecule has 0 aliphatic carbocycles.